The van der Waals surface area contributed by atoms with Crippen molar-refractivity contribution in [2.75, 3.05) is 6.61 Å². The van der Waals surface area contributed by atoms with Gasteiger partial charge in [-0.05, 0) is 6.92 Å². The predicted octanol–water partition coefficient (Wildman–Crippen LogP) is 0.574. The predicted molar refractivity (Wildman–Crippen MR) is 79.6 cm³/mol. The summed E-state index contributed by atoms with van der Waals surface area (Å²) in [6.07, 6.45) is 1.56. The van der Waals surface area contributed by atoms with E-state index in [-0.39, 0.29) is 18.0 Å². The SMILES string of the molecule is CCOCn1c(=O)c2c(ncn2C)n([Si](C)(C)C)c1=O. The number of nitrogens with zero attached hydrogens (tertiary/aromatic N) is 4. The minimum atomic E-state index is -2.01. The summed E-state index contributed by atoms with van der Waals surface area (Å²) in [6.45, 7) is 8.36. The summed E-state index contributed by atoms with van der Waals surface area (Å²) in [5.74, 6) is 0. The first-order valence-electron chi connectivity index (χ1n) is 6.54. The van der Waals surface area contributed by atoms with E-state index < -0.39 is 8.24 Å². The molecule has 0 unspecified atom stereocenters. The molecule has 0 spiro atoms. The zero-order valence-corrected chi connectivity index (χ0v) is 13.5. The molecule has 2 heterocycles. The highest BCUT2D eigenvalue weighted by molar-refractivity contribution is 6.75. The van der Waals surface area contributed by atoms with Crippen molar-refractivity contribution >= 4 is 19.4 Å². The molecule has 0 N–H and O–H groups in total. The van der Waals surface area contributed by atoms with Gasteiger partial charge in [0.1, 0.15) is 6.73 Å². The minimum absolute atomic E-state index is 0.0280. The van der Waals surface area contributed by atoms with Gasteiger partial charge in [-0.25, -0.2) is 14.3 Å². The summed E-state index contributed by atoms with van der Waals surface area (Å²) >= 11 is 0. The third-order valence-corrected chi connectivity index (χ3v) is 4.84. The fraction of sp³-hybridized carbons (Fsp3) is 0.583. The topological polar surface area (TPSA) is 71.1 Å². The molecule has 0 saturated carbocycles. The number of hydrogen-bond acceptors (Lipinski definition) is 4. The van der Waals surface area contributed by atoms with E-state index in [1.165, 1.54) is 0 Å². The molecule has 0 bridgehead atoms. The van der Waals surface area contributed by atoms with Crippen molar-refractivity contribution < 1.29 is 4.74 Å². The molecule has 7 nitrogen and oxygen atoms in total. The number of ether oxygens (including phenoxy) is 1. The second kappa shape index (κ2) is 5.02. The average molecular weight is 296 g/mol. The average Bonchev–Trinajstić information content (AvgIpc) is 2.69. The van der Waals surface area contributed by atoms with Gasteiger partial charge >= 0.3 is 5.69 Å². The Labute approximate surface area is 117 Å². The van der Waals surface area contributed by atoms with Crippen LogP contribution in [-0.2, 0) is 18.5 Å². The van der Waals surface area contributed by atoms with Gasteiger partial charge in [0.2, 0.25) is 0 Å². The van der Waals surface area contributed by atoms with E-state index >= 15 is 0 Å². The molecule has 0 amide bonds. The van der Waals surface area contributed by atoms with Crippen molar-refractivity contribution in [3.05, 3.63) is 27.2 Å². The van der Waals surface area contributed by atoms with Crippen LogP contribution >= 0.6 is 0 Å². The van der Waals surface area contributed by atoms with Crippen LogP contribution in [0.2, 0.25) is 19.6 Å². The van der Waals surface area contributed by atoms with Crippen LogP contribution in [0.1, 0.15) is 6.92 Å². The van der Waals surface area contributed by atoms with Gasteiger partial charge in [-0.3, -0.25) is 4.79 Å². The summed E-state index contributed by atoms with van der Waals surface area (Å²) in [5, 5.41) is 0. The molecule has 0 fully saturated rings. The number of aryl methyl sites for hydroxylation is 1. The molecule has 0 aromatic carbocycles. The van der Waals surface area contributed by atoms with E-state index in [4.69, 9.17) is 4.74 Å². The van der Waals surface area contributed by atoms with Crippen LogP contribution in [0.25, 0.3) is 11.2 Å². The van der Waals surface area contributed by atoms with Crippen LogP contribution in [0.15, 0.2) is 15.9 Å². The van der Waals surface area contributed by atoms with Gasteiger partial charge in [0.05, 0.1) is 6.33 Å². The van der Waals surface area contributed by atoms with E-state index in [9.17, 15) is 9.59 Å². The van der Waals surface area contributed by atoms with Crippen LogP contribution < -0.4 is 11.2 Å². The van der Waals surface area contributed by atoms with Crippen LogP contribution in [0.3, 0.4) is 0 Å². The molecule has 0 atom stereocenters. The Hall–Kier alpha value is -1.67. The normalized spacial score (nSPS) is 12.2. The van der Waals surface area contributed by atoms with Gasteiger partial charge in [0, 0.05) is 13.7 Å². The summed E-state index contributed by atoms with van der Waals surface area (Å²) in [6, 6.07) is 0. The van der Waals surface area contributed by atoms with Crippen molar-refractivity contribution in [3.63, 3.8) is 0 Å². The molecule has 20 heavy (non-hydrogen) atoms. The highest BCUT2D eigenvalue weighted by atomic mass is 28.3. The minimum Gasteiger partial charge on any atom is -0.361 e. The van der Waals surface area contributed by atoms with E-state index in [1.54, 1.807) is 22.2 Å². The highest BCUT2D eigenvalue weighted by Crippen LogP contribution is 2.11. The third kappa shape index (κ3) is 2.25. The van der Waals surface area contributed by atoms with Gasteiger partial charge in [0.25, 0.3) is 5.56 Å². The second-order valence-corrected chi connectivity index (χ2v) is 10.5. The lowest BCUT2D eigenvalue weighted by Gasteiger charge is -2.21. The van der Waals surface area contributed by atoms with Crippen molar-refractivity contribution in [2.24, 2.45) is 7.05 Å². The molecule has 0 saturated heterocycles. The Morgan fingerprint density at radius 3 is 2.50 bits per heavy atom. The summed E-state index contributed by atoms with van der Waals surface area (Å²) < 4.78 is 9.71. The smallest absolute Gasteiger partial charge is 0.326 e. The molecule has 0 aliphatic carbocycles. The van der Waals surface area contributed by atoms with Crippen LogP contribution in [-0.4, -0.2) is 33.2 Å². The molecule has 110 valence electrons. The maximum atomic E-state index is 12.6. The first-order valence-corrected chi connectivity index (χ1v) is 9.99. The standard InChI is InChI=1S/C12H20N4O3Si/c1-6-19-8-15-11(17)9-10(13-7-14(9)2)16(12(15)18)20(3,4)5/h7H,6,8H2,1-5H3. The Bertz CT molecular complexity index is 751. The lowest BCUT2D eigenvalue weighted by Crippen LogP contribution is -2.49. The molecule has 8 heteroatoms. The highest BCUT2D eigenvalue weighted by Gasteiger charge is 2.26. The number of fused-ring (bicyclic) bond motifs is 1. The second-order valence-electron chi connectivity index (χ2n) is 5.67. The van der Waals surface area contributed by atoms with Gasteiger partial charge in [-0.2, -0.15) is 0 Å². The third-order valence-electron chi connectivity index (χ3n) is 3.09. The number of imidazole rings is 1. The van der Waals surface area contributed by atoms with E-state index in [1.807, 2.05) is 26.6 Å². The molecule has 0 radical (unpaired) electrons. The van der Waals surface area contributed by atoms with Gasteiger partial charge in [0.15, 0.2) is 19.4 Å². The van der Waals surface area contributed by atoms with Gasteiger partial charge < -0.3 is 13.5 Å². The van der Waals surface area contributed by atoms with Crippen molar-refractivity contribution in [1.29, 1.82) is 0 Å². The van der Waals surface area contributed by atoms with E-state index in [0.29, 0.717) is 17.8 Å². The van der Waals surface area contributed by atoms with Gasteiger partial charge in [-0.1, -0.05) is 19.6 Å². The Morgan fingerprint density at radius 2 is 1.95 bits per heavy atom. The van der Waals surface area contributed by atoms with Crippen LogP contribution in [0, 0.1) is 0 Å². The fourth-order valence-corrected chi connectivity index (χ4v) is 3.65. The van der Waals surface area contributed by atoms with Crippen LogP contribution in [0.4, 0.5) is 0 Å². The molecule has 2 aromatic heterocycles. The summed E-state index contributed by atoms with van der Waals surface area (Å²) in [4.78, 5) is 29.3. The maximum absolute atomic E-state index is 12.6. The van der Waals surface area contributed by atoms with Crippen molar-refractivity contribution in [3.8, 4) is 0 Å². The first-order chi connectivity index (χ1) is 9.29. The van der Waals surface area contributed by atoms with E-state index in [0.717, 1.165) is 4.57 Å². The molecule has 0 aliphatic rings. The lowest BCUT2D eigenvalue weighted by atomic mass is 10.5. The van der Waals surface area contributed by atoms with Gasteiger partial charge in [-0.15, -0.1) is 0 Å². The summed E-state index contributed by atoms with van der Waals surface area (Å²) in [7, 11) is -0.259. The zero-order chi connectivity index (χ0) is 15.1. The zero-order valence-electron chi connectivity index (χ0n) is 12.5. The monoisotopic (exact) mass is 296 g/mol. The van der Waals surface area contributed by atoms with Crippen molar-refractivity contribution in [1.82, 2.24) is 18.4 Å². The molecule has 2 aromatic rings. The lowest BCUT2D eigenvalue weighted by molar-refractivity contribution is 0.0822. The van der Waals surface area contributed by atoms with E-state index in [2.05, 4.69) is 4.98 Å². The first kappa shape index (κ1) is 14.7. The molecule has 0 aliphatic heterocycles. The number of hydrogen-bond donors (Lipinski definition) is 0. The molecular formula is C12H20N4O3Si. The Kier molecular flexibility index (Phi) is 3.70. The largest absolute Gasteiger partial charge is 0.361 e. The molecule has 2 rings (SSSR count). The Morgan fingerprint density at radius 1 is 1.30 bits per heavy atom. The molecular weight excluding hydrogens is 276 g/mol. The number of aromatic nitrogens is 4. The summed E-state index contributed by atoms with van der Waals surface area (Å²) in [5.41, 5.74) is 0.211. The fourth-order valence-electron chi connectivity index (χ4n) is 2.16. The Balaban J connectivity index is 2.91. The quantitative estimate of drug-likeness (QED) is 0.774. The number of rotatable bonds is 4. The van der Waals surface area contributed by atoms with Crippen LogP contribution in [0.5, 0.6) is 0 Å². The maximum Gasteiger partial charge on any atom is 0.326 e. The van der Waals surface area contributed by atoms with Crippen molar-refractivity contribution in [2.45, 2.75) is 33.3 Å².